The molecule has 1 spiro atoms. The lowest BCUT2D eigenvalue weighted by Gasteiger charge is -2.53. The Balaban J connectivity index is 1.27. The number of methoxy groups -OCH3 is 1. The van der Waals surface area contributed by atoms with Crippen LogP contribution in [0, 0.1) is 0 Å². The van der Waals surface area contributed by atoms with Crippen LogP contribution in [0.4, 0.5) is 23.8 Å². The zero-order valence-electron chi connectivity index (χ0n) is 23.9. The van der Waals surface area contributed by atoms with Crippen LogP contribution in [0.25, 0.3) is 22.8 Å². The number of fused-ring (bicyclic) bond motifs is 2. The van der Waals surface area contributed by atoms with Gasteiger partial charge in [-0.05, 0) is 37.7 Å². The Labute approximate surface area is 245 Å². The van der Waals surface area contributed by atoms with E-state index in [4.69, 9.17) is 14.7 Å². The predicted molar refractivity (Wildman–Crippen MR) is 150 cm³/mol. The molecule has 222 valence electrons. The fraction of sp³-hybridized carbons (Fsp3) is 0.400. The Kier molecular flexibility index (Phi) is 6.19. The van der Waals surface area contributed by atoms with Gasteiger partial charge in [0, 0.05) is 43.5 Å². The fourth-order valence-electron chi connectivity index (χ4n) is 6.15. The van der Waals surface area contributed by atoms with Gasteiger partial charge < -0.3 is 14.2 Å². The van der Waals surface area contributed by atoms with Gasteiger partial charge in [0.2, 0.25) is 5.88 Å². The van der Waals surface area contributed by atoms with E-state index in [1.807, 2.05) is 13.2 Å². The Morgan fingerprint density at radius 1 is 1.05 bits per heavy atom. The van der Waals surface area contributed by atoms with Crippen molar-refractivity contribution in [3.8, 4) is 28.7 Å². The van der Waals surface area contributed by atoms with E-state index >= 15 is 0 Å². The molecule has 1 aromatic carbocycles. The summed E-state index contributed by atoms with van der Waals surface area (Å²) in [6.07, 6.45) is 4.42. The number of imidazole rings is 1. The SMILES string of the molecule is COc1ncnc(C2CC2)c1-c1ncc2c(n1)N(Cc1ccc(-c3nc(C(F)(F)F)cn3C)cc1)C(=O)N(C)C21CCC1. The highest BCUT2D eigenvalue weighted by Gasteiger charge is 2.52. The van der Waals surface area contributed by atoms with E-state index < -0.39 is 17.4 Å². The number of hydrogen-bond acceptors (Lipinski definition) is 7. The minimum absolute atomic E-state index is 0.182. The van der Waals surface area contributed by atoms with Crippen molar-refractivity contribution in [2.75, 3.05) is 19.1 Å². The van der Waals surface area contributed by atoms with Crippen LogP contribution in [0.2, 0.25) is 0 Å². The van der Waals surface area contributed by atoms with Gasteiger partial charge in [0.25, 0.3) is 0 Å². The molecule has 4 heterocycles. The topological polar surface area (TPSA) is 102 Å². The van der Waals surface area contributed by atoms with Gasteiger partial charge in [0.05, 0.1) is 24.9 Å². The van der Waals surface area contributed by atoms with Crippen LogP contribution in [0.3, 0.4) is 0 Å². The largest absolute Gasteiger partial charge is 0.480 e. The molecule has 2 fully saturated rings. The lowest BCUT2D eigenvalue weighted by atomic mass is 9.70. The Bertz CT molecular complexity index is 1730. The number of rotatable bonds is 6. The number of ether oxygens (including phenoxy) is 1. The number of benzene rings is 1. The van der Waals surface area contributed by atoms with Crippen molar-refractivity contribution >= 4 is 11.8 Å². The molecule has 10 nitrogen and oxygen atoms in total. The Morgan fingerprint density at radius 2 is 1.79 bits per heavy atom. The second kappa shape index (κ2) is 9.75. The molecule has 1 aliphatic heterocycles. The Morgan fingerprint density at radius 3 is 2.40 bits per heavy atom. The average Bonchev–Trinajstić information content (AvgIpc) is 3.74. The number of alkyl halides is 3. The van der Waals surface area contributed by atoms with Crippen LogP contribution in [0.1, 0.15) is 60.5 Å². The van der Waals surface area contributed by atoms with Crippen LogP contribution < -0.4 is 9.64 Å². The molecule has 0 bridgehead atoms. The molecular weight excluding hydrogens is 561 g/mol. The molecule has 2 amide bonds. The first-order valence-electron chi connectivity index (χ1n) is 14.1. The van der Waals surface area contributed by atoms with Gasteiger partial charge in [-0.15, -0.1) is 0 Å². The van der Waals surface area contributed by atoms with Crippen LogP contribution in [-0.2, 0) is 25.3 Å². The van der Waals surface area contributed by atoms with E-state index in [0.29, 0.717) is 28.6 Å². The highest BCUT2D eigenvalue weighted by molar-refractivity contribution is 5.95. The maximum absolute atomic E-state index is 13.9. The van der Waals surface area contributed by atoms with E-state index in [0.717, 1.165) is 55.1 Å². The van der Waals surface area contributed by atoms with Crippen LogP contribution in [0.5, 0.6) is 5.88 Å². The fourth-order valence-corrected chi connectivity index (χ4v) is 6.15. The standard InChI is InChI=1S/C30H29F3N8O2/c1-39-15-21(30(31,32)33)37-25(39)19-7-5-17(6-8-19)14-41-26-20(29(11-4-12-29)40(2)28(41)42)13-34-24(38-26)22-23(18-9-10-18)35-16-36-27(22)43-3/h5-8,13,15-16,18H,4,9-12,14H2,1-3H3. The van der Waals surface area contributed by atoms with Gasteiger partial charge in [-0.1, -0.05) is 24.3 Å². The molecule has 0 saturated heterocycles. The molecule has 2 aliphatic carbocycles. The summed E-state index contributed by atoms with van der Waals surface area (Å²) in [5, 5.41) is 0. The number of aryl methyl sites for hydroxylation is 1. The molecule has 2 saturated carbocycles. The number of aromatic nitrogens is 6. The minimum Gasteiger partial charge on any atom is -0.480 e. The van der Waals surface area contributed by atoms with Gasteiger partial charge >= 0.3 is 12.2 Å². The van der Waals surface area contributed by atoms with Gasteiger partial charge in [-0.25, -0.2) is 29.7 Å². The third kappa shape index (κ3) is 4.40. The van der Waals surface area contributed by atoms with E-state index in [1.165, 1.54) is 17.9 Å². The molecule has 7 rings (SSSR count). The van der Waals surface area contributed by atoms with Crippen molar-refractivity contribution in [2.24, 2.45) is 7.05 Å². The highest BCUT2D eigenvalue weighted by atomic mass is 19.4. The quantitative estimate of drug-likeness (QED) is 0.284. The smallest absolute Gasteiger partial charge is 0.434 e. The number of anilines is 1. The maximum atomic E-state index is 13.9. The molecule has 13 heteroatoms. The third-order valence-electron chi connectivity index (χ3n) is 8.81. The number of nitrogens with zero attached hydrogens (tertiary/aromatic N) is 8. The Hall–Kier alpha value is -4.55. The average molecular weight is 591 g/mol. The summed E-state index contributed by atoms with van der Waals surface area (Å²) < 4.78 is 46.5. The second-order valence-electron chi connectivity index (χ2n) is 11.4. The molecule has 0 atom stereocenters. The first kappa shape index (κ1) is 27.3. The van der Waals surface area contributed by atoms with Crippen LogP contribution in [0.15, 0.2) is 43.0 Å². The second-order valence-corrected chi connectivity index (χ2v) is 11.4. The van der Waals surface area contributed by atoms with Crippen molar-refractivity contribution in [3.63, 3.8) is 0 Å². The zero-order valence-corrected chi connectivity index (χ0v) is 23.9. The van der Waals surface area contributed by atoms with Crippen molar-refractivity contribution in [3.05, 3.63) is 65.5 Å². The highest BCUT2D eigenvalue weighted by Crippen LogP contribution is 2.52. The molecule has 0 unspecified atom stereocenters. The van der Waals surface area contributed by atoms with Gasteiger partial charge in [-0.3, -0.25) is 4.90 Å². The molecule has 3 aromatic heterocycles. The summed E-state index contributed by atoms with van der Waals surface area (Å²) in [4.78, 5) is 39.7. The lowest BCUT2D eigenvalue weighted by molar-refractivity contribution is -0.140. The van der Waals surface area contributed by atoms with Gasteiger partial charge in [-0.2, -0.15) is 13.2 Å². The number of urea groups is 1. The summed E-state index contributed by atoms with van der Waals surface area (Å²) in [5.41, 5.74) is 2.28. The molecule has 3 aliphatic rings. The van der Waals surface area contributed by atoms with Crippen molar-refractivity contribution in [1.29, 1.82) is 0 Å². The number of carbonyl (C=O) groups excluding carboxylic acids is 1. The van der Waals surface area contributed by atoms with Crippen molar-refractivity contribution in [2.45, 2.75) is 56.3 Å². The van der Waals surface area contributed by atoms with E-state index in [2.05, 4.69) is 15.0 Å². The lowest BCUT2D eigenvalue weighted by Crippen LogP contribution is -2.60. The summed E-state index contributed by atoms with van der Waals surface area (Å²) in [6, 6.07) is 6.82. The van der Waals surface area contributed by atoms with Crippen LogP contribution in [-0.4, -0.2) is 54.6 Å². The molecule has 4 aromatic rings. The summed E-state index contributed by atoms with van der Waals surface area (Å²) in [5.74, 6) is 1.81. The summed E-state index contributed by atoms with van der Waals surface area (Å²) in [7, 11) is 4.89. The van der Waals surface area contributed by atoms with Gasteiger partial charge in [0.15, 0.2) is 11.5 Å². The van der Waals surface area contributed by atoms with Crippen molar-refractivity contribution < 1.29 is 22.7 Å². The molecule has 0 radical (unpaired) electrons. The van der Waals surface area contributed by atoms with E-state index in [9.17, 15) is 18.0 Å². The monoisotopic (exact) mass is 590 g/mol. The first-order valence-corrected chi connectivity index (χ1v) is 14.1. The third-order valence-corrected chi connectivity index (χ3v) is 8.81. The van der Waals surface area contributed by atoms with Crippen molar-refractivity contribution in [1.82, 2.24) is 34.4 Å². The van der Waals surface area contributed by atoms with Crippen LogP contribution >= 0.6 is 0 Å². The van der Waals surface area contributed by atoms with E-state index in [1.54, 1.807) is 41.2 Å². The zero-order chi connectivity index (χ0) is 30.1. The molecule has 0 N–H and O–H groups in total. The number of halogens is 3. The molecule has 43 heavy (non-hydrogen) atoms. The number of amides is 2. The number of carbonyl (C=O) groups is 1. The minimum atomic E-state index is -4.53. The molecular formula is C30H29F3N8O2. The summed E-state index contributed by atoms with van der Waals surface area (Å²) in [6.45, 7) is 0.204. The normalized spacial score (nSPS) is 17.7. The number of hydrogen-bond donors (Lipinski definition) is 0. The van der Waals surface area contributed by atoms with Gasteiger partial charge in [0.1, 0.15) is 23.5 Å². The first-order chi connectivity index (χ1) is 20.6. The van der Waals surface area contributed by atoms with E-state index in [-0.39, 0.29) is 24.3 Å². The predicted octanol–water partition coefficient (Wildman–Crippen LogP) is 5.69. The maximum Gasteiger partial charge on any atom is 0.434 e. The summed E-state index contributed by atoms with van der Waals surface area (Å²) >= 11 is 0.